The topological polar surface area (TPSA) is 89.5 Å². The van der Waals surface area contributed by atoms with E-state index in [1.807, 2.05) is 16.8 Å². The van der Waals surface area contributed by atoms with Crippen molar-refractivity contribution in [1.29, 1.82) is 0 Å². The maximum atomic E-state index is 5.39. The van der Waals surface area contributed by atoms with E-state index in [4.69, 9.17) is 14.1 Å². The molecule has 2 atom stereocenters. The van der Waals surface area contributed by atoms with Gasteiger partial charge < -0.3 is 19.8 Å². The van der Waals surface area contributed by atoms with E-state index in [2.05, 4.69) is 34.6 Å². The number of hydrogen-bond acceptors (Lipinski definition) is 5. The molecule has 8 nitrogen and oxygen atoms in total. The molecule has 0 saturated carbocycles. The normalized spacial score (nSPS) is 18.2. The maximum absolute atomic E-state index is 5.39. The van der Waals surface area contributed by atoms with Crippen molar-refractivity contribution in [2.45, 2.75) is 64.8 Å². The van der Waals surface area contributed by atoms with Gasteiger partial charge in [-0.05, 0) is 31.9 Å². The van der Waals surface area contributed by atoms with Crippen LogP contribution >= 0.6 is 0 Å². The second-order valence-corrected chi connectivity index (χ2v) is 6.95. The molecule has 148 valence electrons. The van der Waals surface area contributed by atoms with E-state index in [9.17, 15) is 0 Å². The molecule has 0 fully saturated rings. The summed E-state index contributed by atoms with van der Waals surface area (Å²) in [6.45, 7) is 6.24. The monoisotopic (exact) mass is 374 g/mol. The van der Waals surface area contributed by atoms with Gasteiger partial charge in [-0.25, -0.2) is 9.67 Å². The Labute approximate surface area is 160 Å². The number of furan rings is 1. The molecule has 2 aromatic rings. The number of aliphatic imine (C=N–C) groups is 1. The van der Waals surface area contributed by atoms with Crippen molar-refractivity contribution >= 4 is 5.96 Å². The third-order valence-electron chi connectivity index (χ3n) is 4.72. The van der Waals surface area contributed by atoms with E-state index in [1.54, 1.807) is 13.4 Å². The summed E-state index contributed by atoms with van der Waals surface area (Å²) >= 11 is 0. The minimum atomic E-state index is 0.272. The molecule has 0 radical (unpaired) electrons. The zero-order chi connectivity index (χ0) is 19.1. The van der Waals surface area contributed by atoms with Gasteiger partial charge in [-0.2, -0.15) is 5.10 Å². The molecule has 0 spiro atoms. The van der Waals surface area contributed by atoms with Crippen molar-refractivity contribution in [2.75, 3.05) is 13.7 Å². The Morgan fingerprint density at radius 2 is 2.41 bits per heavy atom. The van der Waals surface area contributed by atoms with Crippen LogP contribution in [-0.4, -0.2) is 46.5 Å². The van der Waals surface area contributed by atoms with Crippen LogP contribution in [0.5, 0.6) is 0 Å². The molecule has 2 aromatic heterocycles. The van der Waals surface area contributed by atoms with E-state index in [0.717, 1.165) is 55.6 Å². The van der Waals surface area contributed by atoms with Gasteiger partial charge in [-0.15, -0.1) is 0 Å². The molecule has 3 rings (SSSR count). The van der Waals surface area contributed by atoms with Gasteiger partial charge in [0.15, 0.2) is 11.8 Å². The molecule has 8 heteroatoms. The summed E-state index contributed by atoms with van der Waals surface area (Å²) in [5.41, 5.74) is 0. The Morgan fingerprint density at radius 3 is 3.15 bits per heavy atom. The van der Waals surface area contributed by atoms with Gasteiger partial charge in [0.1, 0.15) is 18.2 Å². The predicted octanol–water partition coefficient (Wildman–Crippen LogP) is 1.91. The lowest BCUT2D eigenvalue weighted by molar-refractivity contribution is 0.177. The van der Waals surface area contributed by atoms with Crippen LogP contribution in [0.2, 0.25) is 0 Å². The van der Waals surface area contributed by atoms with Crippen LogP contribution in [-0.2, 0) is 30.7 Å². The number of ether oxygens (including phenoxy) is 1. The van der Waals surface area contributed by atoms with Gasteiger partial charge >= 0.3 is 0 Å². The Kier molecular flexibility index (Phi) is 6.86. The molecule has 0 aliphatic carbocycles. The summed E-state index contributed by atoms with van der Waals surface area (Å²) in [7, 11) is 1.66. The minimum absolute atomic E-state index is 0.272. The van der Waals surface area contributed by atoms with Crippen molar-refractivity contribution in [3.63, 3.8) is 0 Å². The predicted molar refractivity (Wildman–Crippen MR) is 104 cm³/mol. The van der Waals surface area contributed by atoms with E-state index in [1.165, 1.54) is 0 Å². The zero-order valence-corrected chi connectivity index (χ0v) is 16.4. The quantitative estimate of drug-likeness (QED) is 0.542. The summed E-state index contributed by atoms with van der Waals surface area (Å²) in [5.74, 6) is 3.59. The van der Waals surface area contributed by atoms with Crippen LogP contribution in [0.1, 0.15) is 44.1 Å². The highest BCUT2D eigenvalue weighted by Gasteiger charge is 2.22. The molecular weight excluding hydrogens is 344 g/mol. The van der Waals surface area contributed by atoms with E-state index in [0.29, 0.717) is 19.2 Å². The van der Waals surface area contributed by atoms with E-state index >= 15 is 0 Å². The van der Waals surface area contributed by atoms with Crippen molar-refractivity contribution in [3.05, 3.63) is 35.8 Å². The van der Waals surface area contributed by atoms with Crippen LogP contribution in [0.4, 0.5) is 0 Å². The van der Waals surface area contributed by atoms with Crippen LogP contribution in [0.25, 0.3) is 0 Å². The fourth-order valence-electron chi connectivity index (χ4n) is 3.06. The van der Waals surface area contributed by atoms with Gasteiger partial charge in [0.05, 0.1) is 12.8 Å². The first-order chi connectivity index (χ1) is 13.2. The lowest BCUT2D eigenvalue weighted by Crippen LogP contribution is -2.49. The van der Waals surface area contributed by atoms with Gasteiger partial charge in [0, 0.05) is 38.6 Å². The number of rotatable bonds is 8. The number of aryl methyl sites for hydroxylation is 1. The molecular formula is C19H30N6O2. The number of methoxy groups -OCH3 is 1. The first kappa shape index (κ1) is 19.4. The van der Waals surface area contributed by atoms with Crippen molar-refractivity contribution < 1.29 is 9.15 Å². The number of nitrogens with one attached hydrogen (secondary N) is 2. The first-order valence-electron chi connectivity index (χ1n) is 9.69. The van der Waals surface area contributed by atoms with E-state index < -0.39 is 0 Å². The molecule has 2 N–H and O–H groups in total. The fourth-order valence-corrected chi connectivity index (χ4v) is 3.06. The number of hydrogen-bond donors (Lipinski definition) is 2. The lowest BCUT2D eigenvalue weighted by atomic mass is 10.1. The highest BCUT2D eigenvalue weighted by Crippen LogP contribution is 2.13. The average molecular weight is 374 g/mol. The zero-order valence-electron chi connectivity index (χ0n) is 16.4. The first-order valence-corrected chi connectivity index (χ1v) is 9.69. The van der Waals surface area contributed by atoms with Gasteiger partial charge in [-0.3, -0.25) is 4.99 Å². The van der Waals surface area contributed by atoms with Gasteiger partial charge in [0.25, 0.3) is 0 Å². The number of fused-ring (bicyclic) bond motifs is 1. The molecule has 2 unspecified atom stereocenters. The molecule has 1 aliphatic rings. The summed E-state index contributed by atoms with van der Waals surface area (Å²) < 4.78 is 12.5. The van der Waals surface area contributed by atoms with Crippen molar-refractivity contribution in [2.24, 2.45) is 4.99 Å². The third kappa shape index (κ3) is 5.56. The second kappa shape index (κ2) is 9.55. The largest absolute Gasteiger partial charge is 0.469 e. The maximum Gasteiger partial charge on any atom is 0.191 e. The smallest absolute Gasteiger partial charge is 0.191 e. The summed E-state index contributed by atoms with van der Waals surface area (Å²) in [5, 5.41) is 11.6. The average Bonchev–Trinajstić information content (AvgIpc) is 3.30. The standard InChI is InChI=1S/C19H30N6O2/c1-4-14(2)21-19(20-10-9-16-6-5-11-27-16)22-15-7-8-18-23-17(13-26-3)24-25(18)12-15/h5-6,11,14-15H,4,7-10,12-13H2,1-3H3,(H2,20,21,22). The SMILES string of the molecule is CCC(C)NC(=NCCc1ccco1)NC1CCc2nc(COC)nn2C1. The molecule has 0 saturated heterocycles. The van der Waals surface area contributed by atoms with Crippen LogP contribution in [0.3, 0.4) is 0 Å². The molecule has 0 bridgehead atoms. The number of aromatic nitrogens is 3. The van der Waals surface area contributed by atoms with Crippen molar-refractivity contribution in [1.82, 2.24) is 25.4 Å². The lowest BCUT2D eigenvalue weighted by Gasteiger charge is -2.26. The minimum Gasteiger partial charge on any atom is -0.469 e. The second-order valence-electron chi connectivity index (χ2n) is 6.95. The highest BCUT2D eigenvalue weighted by molar-refractivity contribution is 5.80. The summed E-state index contributed by atoms with van der Waals surface area (Å²) in [4.78, 5) is 9.28. The van der Waals surface area contributed by atoms with Gasteiger partial charge in [0.2, 0.25) is 0 Å². The molecule has 3 heterocycles. The van der Waals surface area contributed by atoms with Gasteiger partial charge in [-0.1, -0.05) is 6.92 Å². The Balaban J connectivity index is 1.60. The fraction of sp³-hybridized carbons (Fsp3) is 0.632. The molecule has 0 amide bonds. The van der Waals surface area contributed by atoms with E-state index in [-0.39, 0.29) is 6.04 Å². The number of guanidine groups is 1. The molecule has 0 aromatic carbocycles. The van der Waals surface area contributed by atoms with Crippen molar-refractivity contribution in [3.8, 4) is 0 Å². The van der Waals surface area contributed by atoms with Crippen LogP contribution in [0.15, 0.2) is 27.8 Å². The molecule has 1 aliphatic heterocycles. The Hall–Kier alpha value is -2.35. The highest BCUT2D eigenvalue weighted by atomic mass is 16.5. The third-order valence-corrected chi connectivity index (χ3v) is 4.72. The van der Waals surface area contributed by atoms with Crippen LogP contribution in [0, 0.1) is 0 Å². The Morgan fingerprint density at radius 1 is 1.52 bits per heavy atom. The summed E-state index contributed by atoms with van der Waals surface area (Å²) in [6, 6.07) is 4.52. The van der Waals surface area contributed by atoms with Crippen LogP contribution < -0.4 is 10.6 Å². The molecule has 27 heavy (non-hydrogen) atoms. The summed E-state index contributed by atoms with van der Waals surface area (Å²) in [6.07, 6.45) is 5.43. The number of nitrogens with zero attached hydrogens (tertiary/aromatic N) is 4. The Bertz CT molecular complexity index is 725.